The van der Waals surface area contributed by atoms with Crippen molar-refractivity contribution in [3.8, 4) is 22.4 Å². The van der Waals surface area contributed by atoms with Gasteiger partial charge >= 0.3 is 12.2 Å². The van der Waals surface area contributed by atoms with Gasteiger partial charge in [0, 0.05) is 43.0 Å². The van der Waals surface area contributed by atoms with Gasteiger partial charge in [0.1, 0.15) is 17.9 Å². The number of likely N-dealkylation sites (tertiary alicyclic amines) is 2. The number of aromatic nitrogens is 2. The van der Waals surface area contributed by atoms with E-state index in [2.05, 4.69) is 70.2 Å². The highest BCUT2D eigenvalue weighted by Crippen LogP contribution is 2.54. The number of imidazole rings is 1. The summed E-state index contributed by atoms with van der Waals surface area (Å²) in [6, 6.07) is 18.1. The van der Waals surface area contributed by atoms with E-state index in [1.165, 1.54) is 14.2 Å². The molecule has 6 aliphatic rings. The number of piperidine rings is 2. The van der Waals surface area contributed by atoms with E-state index in [0.29, 0.717) is 44.3 Å². The summed E-state index contributed by atoms with van der Waals surface area (Å²) >= 11 is 0. The number of amides is 4. The molecule has 4 aliphatic heterocycles. The molecule has 2 aliphatic carbocycles. The number of hydrogen-bond acceptors (Lipinski definition) is 9. The Morgan fingerprint density at radius 3 is 2.10 bits per heavy atom. The summed E-state index contributed by atoms with van der Waals surface area (Å²) < 4.78 is 15.3. The van der Waals surface area contributed by atoms with Gasteiger partial charge in [-0.2, -0.15) is 0 Å². The summed E-state index contributed by atoms with van der Waals surface area (Å²) in [6.45, 7) is 5.00. The molecule has 4 amide bonds. The first-order valence-corrected chi connectivity index (χ1v) is 21.8. The van der Waals surface area contributed by atoms with Crippen molar-refractivity contribution in [3.05, 3.63) is 72.2 Å². The standard InChI is InChI=1S/C47H53N7O7/c1-24(2)41(51-46(57)59-3)44(55)54-38-20-33(38)22-40(54)43-48-23-36(50-43)30-8-7-27-15-26(5-6-28(27)16-30)29-9-10-34-31(17-29)18-35(49-34)39-21-32-19-37(32)53(39)45(56)42(52-47(58)60-4)25-11-13-61-14-12-25/h5-10,15-17,23-25,32-33,37-42H,11-14,18-22H2,1-4H3,(H,48,50)(H,51,57)(H,52,58)/t32-,33-,37-,38-,39+,40+,41+,42+/m1/s1. The average Bonchev–Trinajstić information content (AvgIpc) is 3.90. The summed E-state index contributed by atoms with van der Waals surface area (Å²) in [5, 5.41) is 7.85. The molecule has 0 radical (unpaired) electrons. The van der Waals surface area contributed by atoms with Crippen molar-refractivity contribution in [2.75, 3.05) is 27.4 Å². The highest BCUT2D eigenvalue weighted by molar-refractivity contribution is 6.02. The first-order chi connectivity index (χ1) is 29.6. The van der Waals surface area contributed by atoms with Crippen LogP contribution in [0.4, 0.5) is 15.3 Å². The molecule has 3 saturated heterocycles. The number of fused-ring (bicyclic) bond motifs is 4. The smallest absolute Gasteiger partial charge is 0.407 e. The molecular formula is C47H53N7O7. The number of benzene rings is 3. The molecule has 5 heterocycles. The maximum Gasteiger partial charge on any atom is 0.407 e. The molecule has 14 nitrogen and oxygen atoms in total. The van der Waals surface area contributed by atoms with Crippen LogP contribution in [0.15, 0.2) is 65.8 Å². The van der Waals surface area contributed by atoms with Gasteiger partial charge in [-0.25, -0.2) is 14.6 Å². The van der Waals surface area contributed by atoms with Gasteiger partial charge < -0.3 is 39.6 Å². The van der Waals surface area contributed by atoms with E-state index in [1.54, 1.807) is 0 Å². The van der Waals surface area contributed by atoms with Gasteiger partial charge in [0.2, 0.25) is 11.8 Å². The fourth-order valence-corrected chi connectivity index (χ4v) is 10.6. The zero-order chi connectivity index (χ0) is 42.1. The van der Waals surface area contributed by atoms with Crippen LogP contribution >= 0.6 is 0 Å². The molecule has 1 aromatic heterocycles. The Labute approximate surface area is 354 Å². The van der Waals surface area contributed by atoms with Crippen molar-refractivity contribution in [2.45, 2.75) is 95.0 Å². The van der Waals surface area contributed by atoms with Gasteiger partial charge in [0.15, 0.2) is 0 Å². The number of nitrogens with zero attached hydrogens (tertiary/aromatic N) is 4. The lowest BCUT2D eigenvalue weighted by molar-refractivity contribution is -0.137. The van der Waals surface area contributed by atoms with Crippen LogP contribution in [0.1, 0.15) is 69.8 Å². The quantitative estimate of drug-likeness (QED) is 0.159. The number of carbonyl (C=O) groups is 4. The Kier molecular flexibility index (Phi) is 10.1. The second kappa shape index (κ2) is 15.6. The minimum absolute atomic E-state index is 0.00386. The highest BCUT2D eigenvalue weighted by atomic mass is 16.5. The molecule has 10 rings (SSSR count). The van der Waals surface area contributed by atoms with Gasteiger partial charge in [-0.1, -0.05) is 44.2 Å². The molecule has 4 aromatic rings. The minimum Gasteiger partial charge on any atom is -0.453 e. The molecule has 8 atom stereocenters. The molecule has 3 N–H and O–H groups in total. The van der Waals surface area contributed by atoms with E-state index in [-0.39, 0.29) is 47.8 Å². The maximum atomic E-state index is 14.3. The number of ether oxygens (including phenoxy) is 3. The van der Waals surface area contributed by atoms with Crippen molar-refractivity contribution >= 4 is 46.2 Å². The molecule has 0 unspecified atom stereocenters. The predicted octanol–water partition coefficient (Wildman–Crippen LogP) is 6.71. The Hall–Kier alpha value is -5.76. The average molecular weight is 828 g/mol. The largest absolute Gasteiger partial charge is 0.453 e. The third-order valence-electron chi connectivity index (χ3n) is 14.1. The number of carbonyl (C=O) groups excluding carboxylic acids is 4. The summed E-state index contributed by atoms with van der Waals surface area (Å²) in [6.07, 6.45) is 6.48. The van der Waals surface area contributed by atoms with E-state index in [4.69, 9.17) is 24.2 Å². The second-order valence-corrected chi connectivity index (χ2v) is 18.1. The van der Waals surface area contributed by atoms with Crippen molar-refractivity contribution in [2.24, 2.45) is 28.7 Å². The Morgan fingerprint density at radius 2 is 1.39 bits per heavy atom. The Balaban J connectivity index is 0.832. The molecule has 3 aromatic carbocycles. The summed E-state index contributed by atoms with van der Waals surface area (Å²) in [7, 11) is 2.64. The van der Waals surface area contributed by atoms with E-state index < -0.39 is 24.3 Å². The maximum absolute atomic E-state index is 14.3. The molecular weight excluding hydrogens is 775 g/mol. The third kappa shape index (κ3) is 7.32. The highest BCUT2D eigenvalue weighted by Gasteiger charge is 2.58. The van der Waals surface area contributed by atoms with Crippen LogP contribution < -0.4 is 10.6 Å². The number of alkyl carbamates (subject to hydrolysis) is 2. The number of rotatable bonds is 10. The topological polar surface area (TPSA) is 168 Å². The lowest BCUT2D eigenvalue weighted by Crippen LogP contribution is -2.56. The summed E-state index contributed by atoms with van der Waals surface area (Å²) in [4.78, 5) is 70.1. The number of aromatic amines is 1. The molecule has 5 fully saturated rings. The number of aliphatic imine (C=N–C) groups is 1. The summed E-state index contributed by atoms with van der Waals surface area (Å²) in [5.74, 6) is 1.44. The molecule has 14 heteroatoms. The van der Waals surface area contributed by atoms with Crippen LogP contribution in [0.25, 0.3) is 33.2 Å². The van der Waals surface area contributed by atoms with Gasteiger partial charge in [-0.3, -0.25) is 14.6 Å². The van der Waals surface area contributed by atoms with Crippen LogP contribution in [0.5, 0.6) is 0 Å². The lowest BCUT2D eigenvalue weighted by Gasteiger charge is -2.36. The van der Waals surface area contributed by atoms with Crippen LogP contribution in [0.3, 0.4) is 0 Å². The first kappa shape index (κ1) is 39.4. The Bertz CT molecular complexity index is 2440. The van der Waals surface area contributed by atoms with Crippen LogP contribution in [-0.2, 0) is 30.2 Å². The van der Waals surface area contributed by atoms with Crippen LogP contribution in [0, 0.1) is 23.7 Å². The van der Waals surface area contributed by atoms with Gasteiger partial charge in [0.25, 0.3) is 0 Å². The van der Waals surface area contributed by atoms with Gasteiger partial charge in [0.05, 0.1) is 43.9 Å². The van der Waals surface area contributed by atoms with E-state index in [0.717, 1.165) is 81.6 Å². The van der Waals surface area contributed by atoms with Crippen molar-refractivity contribution in [3.63, 3.8) is 0 Å². The number of hydrogen-bond donors (Lipinski definition) is 3. The SMILES string of the molecule is COC(=O)N[C@H](C(=O)N1[C@@H]2C[C@@H]2C[C@H]1c1ncc(-c2ccc3cc(-c4ccc5c(c4)CC([C@@H]4C[C@H]6C[C@H]6N4C(=O)[C@@H](NC(=O)OC)C4CCOCC4)=N5)ccc3c2)[nH]1)C(C)C. The number of H-pyrrole nitrogens is 1. The van der Waals surface area contributed by atoms with Crippen molar-refractivity contribution in [1.82, 2.24) is 30.4 Å². The number of methoxy groups -OCH3 is 2. The van der Waals surface area contributed by atoms with E-state index in [1.807, 2.05) is 29.8 Å². The normalized spacial score (nSPS) is 26.0. The van der Waals surface area contributed by atoms with Crippen molar-refractivity contribution < 1.29 is 33.4 Å². The van der Waals surface area contributed by atoms with Crippen molar-refractivity contribution in [1.29, 1.82) is 0 Å². The molecule has 2 saturated carbocycles. The molecule has 0 spiro atoms. The second-order valence-electron chi connectivity index (χ2n) is 18.1. The molecule has 0 bridgehead atoms. The predicted molar refractivity (Wildman–Crippen MR) is 228 cm³/mol. The van der Waals surface area contributed by atoms with E-state index >= 15 is 0 Å². The van der Waals surface area contributed by atoms with Crippen LogP contribution in [0.2, 0.25) is 0 Å². The zero-order valence-corrected chi connectivity index (χ0v) is 35.1. The number of nitrogens with one attached hydrogen (secondary N) is 3. The molecule has 61 heavy (non-hydrogen) atoms. The van der Waals surface area contributed by atoms with Gasteiger partial charge in [-0.05, 0) is 114 Å². The fraction of sp³-hybridized carbons (Fsp3) is 0.489. The van der Waals surface area contributed by atoms with Crippen LogP contribution in [-0.4, -0.2) is 107 Å². The monoisotopic (exact) mass is 827 g/mol. The van der Waals surface area contributed by atoms with E-state index in [9.17, 15) is 19.2 Å². The van der Waals surface area contributed by atoms with Gasteiger partial charge in [-0.15, -0.1) is 0 Å². The molecule has 318 valence electrons. The summed E-state index contributed by atoms with van der Waals surface area (Å²) in [5.41, 5.74) is 7.23. The third-order valence-corrected chi connectivity index (χ3v) is 14.1. The first-order valence-electron chi connectivity index (χ1n) is 21.8. The fourth-order valence-electron chi connectivity index (χ4n) is 10.6. The lowest BCUT2D eigenvalue weighted by atomic mass is 9.90. The minimum atomic E-state index is -0.679. The zero-order valence-electron chi connectivity index (χ0n) is 35.1. The Morgan fingerprint density at radius 1 is 0.770 bits per heavy atom.